The van der Waals surface area contributed by atoms with E-state index in [0.717, 1.165) is 5.56 Å². The van der Waals surface area contributed by atoms with Gasteiger partial charge in [-0.3, -0.25) is 0 Å². The van der Waals surface area contributed by atoms with Gasteiger partial charge in [-0.15, -0.1) is 0 Å². The normalized spacial score (nSPS) is 10.5. The summed E-state index contributed by atoms with van der Waals surface area (Å²) in [5.74, 6) is 0.218. The number of ether oxygens (including phenoxy) is 1. The van der Waals surface area contributed by atoms with Crippen LogP contribution in [0.25, 0.3) is 0 Å². The van der Waals surface area contributed by atoms with E-state index in [1.807, 2.05) is 6.92 Å². The SMILES string of the molecule is Cc1cc(C)c(OCc2c(N)cccc2Cl)cc1F. The largest absolute Gasteiger partial charge is 0.488 e. The number of nitrogens with two attached hydrogens (primary N) is 1. The standard InChI is InChI=1S/C15H15ClFNO/c1-9-6-10(2)15(7-13(9)17)19-8-11-12(16)4-3-5-14(11)18/h3-7H,8,18H2,1-2H3. The van der Waals surface area contributed by atoms with Gasteiger partial charge in [0.15, 0.2) is 0 Å². The summed E-state index contributed by atoms with van der Waals surface area (Å²) < 4.78 is 19.1. The Bertz CT molecular complexity index is 593. The molecule has 100 valence electrons. The van der Waals surface area contributed by atoms with Gasteiger partial charge in [0.1, 0.15) is 18.2 Å². The average molecular weight is 280 g/mol. The Balaban J connectivity index is 2.22. The van der Waals surface area contributed by atoms with Crippen molar-refractivity contribution in [1.82, 2.24) is 0 Å². The monoisotopic (exact) mass is 279 g/mol. The van der Waals surface area contributed by atoms with Crippen molar-refractivity contribution in [2.75, 3.05) is 5.73 Å². The minimum Gasteiger partial charge on any atom is -0.488 e. The van der Waals surface area contributed by atoms with E-state index < -0.39 is 0 Å². The second-order valence-electron chi connectivity index (χ2n) is 4.46. The zero-order valence-corrected chi connectivity index (χ0v) is 11.6. The fraction of sp³-hybridized carbons (Fsp3) is 0.200. The highest BCUT2D eigenvalue weighted by Crippen LogP contribution is 2.26. The van der Waals surface area contributed by atoms with E-state index in [1.165, 1.54) is 6.07 Å². The van der Waals surface area contributed by atoms with Gasteiger partial charge in [-0.2, -0.15) is 0 Å². The number of hydrogen-bond acceptors (Lipinski definition) is 2. The summed E-state index contributed by atoms with van der Waals surface area (Å²) in [5, 5.41) is 0.547. The number of nitrogen functional groups attached to an aromatic ring is 1. The molecule has 0 bridgehead atoms. The maximum absolute atomic E-state index is 13.5. The molecule has 0 saturated carbocycles. The van der Waals surface area contributed by atoms with Crippen LogP contribution in [0.4, 0.5) is 10.1 Å². The highest BCUT2D eigenvalue weighted by atomic mass is 35.5. The van der Waals surface area contributed by atoms with Gasteiger partial charge in [0.05, 0.1) is 0 Å². The predicted molar refractivity (Wildman–Crippen MR) is 76.1 cm³/mol. The molecule has 0 fully saturated rings. The van der Waals surface area contributed by atoms with E-state index in [2.05, 4.69) is 0 Å². The first-order valence-electron chi connectivity index (χ1n) is 5.91. The van der Waals surface area contributed by atoms with Crippen LogP contribution < -0.4 is 10.5 Å². The minimum atomic E-state index is -0.285. The van der Waals surface area contributed by atoms with Gasteiger partial charge in [-0.1, -0.05) is 17.7 Å². The third-order valence-corrected chi connectivity index (χ3v) is 3.34. The van der Waals surface area contributed by atoms with Crippen LogP contribution in [0.15, 0.2) is 30.3 Å². The maximum atomic E-state index is 13.5. The summed E-state index contributed by atoms with van der Waals surface area (Å²) in [7, 11) is 0. The fourth-order valence-corrected chi connectivity index (χ4v) is 2.08. The van der Waals surface area contributed by atoms with Crippen molar-refractivity contribution in [1.29, 1.82) is 0 Å². The number of anilines is 1. The lowest BCUT2D eigenvalue weighted by atomic mass is 10.1. The predicted octanol–water partition coefficient (Wildman–Crippen LogP) is 4.26. The molecular weight excluding hydrogens is 265 g/mol. The molecule has 19 heavy (non-hydrogen) atoms. The van der Waals surface area contributed by atoms with Crippen molar-refractivity contribution in [3.63, 3.8) is 0 Å². The number of rotatable bonds is 3. The number of benzene rings is 2. The quantitative estimate of drug-likeness (QED) is 0.852. The molecule has 2 aromatic rings. The molecule has 0 spiro atoms. The maximum Gasteiger partial charge on any atom is 0.129 e. The first-order valence-corrected chi connectivity index (χ1v) is 6.29. The van der Waals surface area contributed by atoms with Crippen molar-refractivity contribution in [2.24, 2.45) is 0 Å². The van der Waals surface area contributed by atoms with Gasteiger partial charge in [0.2, 0.25) is 0 Å². The molecule has 2 rings (SSSR count). The highest BCUT2D eigenvalue weighted by Gasteiger charge is 2.09. The smallest absolute Gasteiger partial charge is 0.129 e. The second-order valence-corrected chi connectivity index (χ2v) is 4.87. The first-order chi connectivity index (χ1) is 8.99. The van der Waals surface area contributed by atoms with Gasteiger partial charge in [-0.25, -0.2) is 4.39 Å². The number of aryl methyl sites for hydroxylation is 2. The third-order valence-electron chi connectivity index (χ3n) is 2.98. The summed E-state index contributed by atoms with van der Waals surface area (Å²) in [6, 6.07) is 8.42. The highest BCUT2D eigenvalue weighted by molar-refractivity contribution is 6.31. The summed E-state index contributed by atoms with van der Waals surface area (Å²) in [6.07, 6.45) is 0. The average Bonchev–Trinajstić information content (AvgIpc) is 2.34. The molecule has 0 saturated heterocycles. The minimum absolute atomic E-state index is 0.217. The third kappa shape index (κ3) is 2.99. The molecule has 4 heteroatoms. The van der Waals surface area contributed by atoms with Gasteiger partial charge >= 0.3 is 0 Å². The molecule has 0 aliphatic carbocycles. The molecule has 0 aromatic heterocycles. The van der Waals surface area contributed by atoms with Gasteiger partial charge in [0, 0.05) is 22.3 Å². The Morgan fingerprint density at radius 3 is 2.63 bits per heavy atom. The first kappa shape index (κ1) is 13.7. The lowest BCUT2D eigenvalue weighted by molar-refractivity contribution is 0.303. The number of hydrogen-bond donors (Lipinski definition) is 1. The Hall–Kier alpha value is -1.74. The van der Waals surface area contributed by atoms with Gasteiger partial charge in [-0.05, 0) is 43.2 Å². The number of halogens is 2. The molecule has 0 radical (unpaired) electrons. The molecule has 2 N–H and O–H groups in total. The van der Waals surface area contributed by atoms with Crippen LogP contribution in [-0.4, -0.2) is 0 Å². The molecule has 0 atom stereocenters. The van der Waals surface area contributed by atoms with Crippen LogP contribution in [0.2, 0.25) is 5.02 Å². The molecular formula is C15H15ClFNO. The van der Waals surface area contributed by atoms with Gasteiger partial charge < -0.3 is 10.5 Å². The van der Waals surface area contributed by atoms with Crippen LogP contribution in [0.5, 0.6) is 5.75 Å². The lowest BCUT2D eigenvalue weighted by Gasteiger charge is -2.13. The summed E-state index contributed by atoms with van der Waals surface area (Å²) in [4.78, 5) is 0. The Morgan fingerprint density at radius 1 is 1.21 bits per heavy atom. The Morgan fingerprint density at radius 2 is 1.95 bits per heavy atom. The zero-order valence-electron chi connectivity index (χ0n) is 10.8. The molecule has 0 aliphatic rings. The molecule has 0 aliphatic heterocycles. The van der Waals surface area contributed by atoms with E-state index >= 15 is 0 Å². The van der Waals surface area contributed by atoms with E-state index in [1.54, 1.807) is 31.2 Å². The van der Waals surface area contributed by atoms with Crippen molar-refractivity contribution < 1.29 is 9.13 Å². The molecule has 0 heterocycles. The summed E-state index contributed by atoms with van der Waals surface area (Å²) in [5.41, 5.74) is 8.60. The molecule has 2 aromatic carbocycles. The summed E-state index contributed by atoms with van der Waals surface area (Å²) in [6.45, 7) is 3.81. The molecule has 0 unspecified atom stereocenters. The summed E-state index contributed by atoms with van der Waals surface area (Å²) >= 11 is 6.06. The Kier molecular flexibility index (Phi) is 3.96. The lowest BCUT2D eigenvalue weighted by Crippen LogP contribution is -2.02. The van der Waals surface area contributed by atoms with Crippen LogP contribution in [0.1, 0.15) is 16.7 Å². The van der Waals surface area contributed by atoms with Crippen LogP contribution in [0, 0.1) is 19.7 Å². The van der Waals surface area contributed by atoms with Crippen LogP contribution in [-0.2, 0) is 6.61 Å². The topological polar surface area (TPSA) is 35.2 Å². The van der Waals surface area contributed by atoms with Crippen molar-refractivity contribution in [2.45, 2.75) is 20.5 Å². The zero-order chi connectivity index (χ0) is 14.0. The van der Waals surface area contributed by atoms with Crippen molar-refractivity contribution in [3.8, 4) is 5.75 Å². The van der Waals surface area contributed by atoms with Crippen LogP contribution >= 0.6 is 11.6 Å². The van der Waals surface area contributed by atoms with E-state index in [4.69, 9.17) is 22.1 Å². The fourth-order valence-electron chi connectivity index (χ4n) is 1.84. The Labute approximate surface area is 117 Å². The van der Waals surface area contributed by atoms with Gasteiger partial charge in [0.25, 0.3) is 0 Å². The van der Waals surface area contributed by atoms with Crippen molar-refractivity contribution >= 4 is 17.3 Å². The van der Waals surface area contributed by atoms with E-state index in [-0.39, 0.29) is 12.4 Å². The molecule has 0 amide bonds. The molecule has 2 nitrogen and oxygen atoms in total. The van der Waals surface area contributed by atoms with Crippen LogP contribution in [0.3, 0.4) is 0 Å². The second kappa shape index (κ2) is 5.49. The van der Waals surface area contributed by atoms with Crippen molar-refractivity contribution in [3.05, 3.63) is 57.9 Å². The van der Waals surface area contributed by atoms with E-state index in [0.29, 0.717) is 27.6 Å². The van der Waals surface area contributed by atoms with E-state index in [9.17, 15) is 4.39 Å².